The van der Waals surface area contributed by atoms with Crippen LogP contribution in [-0.2, 0) is 0 Å². The van der Waals surface area contributed by atoms with Crippen LogP contribution >= 0.6 is 0 Å². The first-order chi connectivity index (χ1) is 29.1. The Hall–Kier alpha value is -7.82. The Morgan fingerprint density at radius 1 is 0.356 bits per heavy atom. The maximum Gasteiger partial charge on any atom is 0.135 e. The van der Waals surface area contributed by atoms with Crippen molar-refractivity contribution in [2.75, 3.05) is 11.9 Å². The molecule has 0 atom stereocenters. The average molecular weight is 757 g/mol. The van der Waals surface area contributed by atoms with E-state index in [1.807, 2.05) is 0 Å². The van der Waals surface area contributed by atoms with Gasteiger partial charge in [0.1, 0.15) is 22.3 Å². The zero-order chi connectivity index (χ0) is 39.0. The molecule has 0 fully saturated rings. The van der Waals surface area contributed by atoms with Gasteiger partial charge in [-0.15, -0.1) is 0 Å². The lowest BCUT2D eigenvalue weighted by Crippen LogP contribution is -2.10. The number of rotatable bonds is 6. The van der Waals surface area contributed by atoms with Crippen molar-refractivity contribution in [2.45, 2.75) is 0 Å². The molecule has 0 bridgehead atoms. The van der Waals surface area contributed by atoms with Crippen LogP contribution in [-0.4, -0.2) is 11.6 Å². The average Bonchev–Trinajstić information content (AvgIpc) is 3.97. The first-order valence-electron chi connectivity index (χ1n) is 20.0. The number of benzene rings is 9. The van der Waals surface area contributed by atoms with Crippen molar-refractivity contribution < 1.29 is 8.83 Å². The highest BCUT2D eigenvalue weighted by Crippen LogP contribution is 2.40. The predicted octanol–water partition coefficient (Wildman–Crippen LogP) is 15.4. The van der Waals surface area contributed by atoms with Gasteiger partial charge in [-0.25, -0.2) is 0 Å². The van der Waals surface area contributed by atoms with E-state index in [-0.39, 0.29) is 0 Å². The Morgan fingerprint density at radius 3 is 1.51 bits per heavy atom. The van der Waals surface area contributed by atoms with Crippen molar-refractivity contribution in [1.29, 1.82) is 0 Å². The van der Waals surface area contributed by atoms with Crippen LogP contribution in [0.25, 0.3) is 105 Å². The molecule has 0 spiro atoms. The topological polar surface area (TPSA) is 34.5 Å². The smallest absolute Gasteiger partial charge is 0.135 e. The standard InChI is InChI=1S/C55H36N2O2/c1-56(49-19-8-5-16-42(49)35-12-3-2-4-13-35)40-24-28-54-47(33-40)45-31-38(22-26-52(45)58-54)36-14-11-15-37(30-36)39-23-27-53-46(32-39)48-34-41(25-29-55(48)59-53)57-50-20-9-6-17-43(50)44-18-7-10-21-51(44)57/h2-34H,1H3. The highest BCUT2D eigenvalue weighted by Gasteiger charge is 2.17. The van der Waals surface area contributed by atoms with E-state index in [0.29, 0.717) is 0 Å². The number of fused-ring (bicyclic) bond motifs is 9. The molecule has 12 aromatic rings. The van der Waals surface area contributed by atoms with Crippen molar-refractivity contribution in [2.24, 2.45) is 0 Å². The summed E-state index contributed by atoms with van der Waals surface area (Å²) < 4.78 is 15.2. The normalized spacial score (nSPS) is 11.8. The van der Waals surface area contributed by atoms with Crippen molar-refractivity contribution in [3.05, 3.63) is 200 Å². The molecule has 0 unspecified atom stereocenters. The monoisotopic (exact) mass is 756 g/mol. The molecule has 9 aromatic carbocycles. The second-order valence-corrected chi connectivity index (χ2v) is 15.4. The van der Waals surface area contributed by atoms with Crippen molar-refractivity contribution in [3.8, 4) is 39.1 Å². The molecule has 0 saturated carbocycles. The Balaban J connectivity index is 0.915. The van der Waals surface area contributed by atoms with Crippen molar-refractivity contribution >= 4 is 77.1 Å². The number of para-hydroxylation sites is 3. The summed E-state index contributed by atoms with van der Waals surface area (Å²) in [4.78, 5) is 2.26. The summed E-state index contributed by atoms with van der Waals surface area (Å²) in [7, 11) is 2.14. The molecule has 4 heteroatoms. The molecule has 0 aliphatic carbocycles. The molecule has 278 valence electrons. The van der Waals surface area contributed by atoms with Crippen LogP contribution < -0.4 is 4.90 Å². The molecule has 0 saturated heterocycles. The molecule has 0 aliphatic rings. The van der Waals surface area contributed by atoms with Gasteiger partial charge < -0.3 is 18.3 Å². The molecule has 59 heavy (non-hydrogen) atoms. The number of anilines is 2. The molecular weight excluding hydrogens is 721 g/mol. The van der Waals surface area contributed by atoms with Gasteiger partial charge in [0.2, 0.25) is 0 Å². The van der Waals surface area contributed by atoms with Gasteiger partial charge in [-0.05, 0) is 113 Å². The summed E-state index contributed by atoms with van der Waals surface area (Å²) in [5.41, 5.74) is 16.2. The minimum absolute atomic E-state index is 0.876. The van der Waals surface area contributed by atoms with Gasteiger partial charge in [0.25, 0.3) is 0 Å². The number of aromatic nitrogens is 1. The fourth-order valence-electron chi connectivity index (χ4n) is 9.08. The molecule has 12 rings (SSSR count). The van der Waals surface area contributed by atoms with Gasteiger partial charge in [-0.1, -0.05) is 115 Å². The van der Waals surface area contributed by atoms with Crippen LogP contribution in [0.5, 0.6) is 0 Å². The third-order valence-corrected chi connectivity index (χ3v) is 12.0. The molecular formula is C55H36N2O2. The van der Waals surface area contributed by atoms with Crippen LogP contribution in [0.2, 0.25) is 0 Å². The lowest BCUT2D eigenvalue weighted by molar-refractivity contribution is 0.668. The van der Waals surface area contributed by atoms with E-state index < -0.39 is 0 Å². The molecule has 0 amide bonds. The highest BCUT2D eigenvalue weighted by molar-refractivity contribution is 6.11. The second-order valence-electron chi connectivity index (χ2n) is 15.4. The SMILES string of the molecule is CN(c1ccc2oc3ccc(-c4cccc(-c5ccc6oc7ccc(-n8c9ccccc9c9ccccc98)cc7c6c5)c4)cc3c2c1)c1ccccc1-c1ccccc1. The van der Waals surface area contributed by atoms with Gasteiger partial charge in [-0.2, -0.15) is 0 Å². The highest BCUT2D eigenvalue weighted by atomic mass is 16.3. The number of furan rings is 2. The molecule has 0 N–H and O–H groups in total. The van der Waals surface area contributed by atoms with E-state index in [0.717, 1.165) is 83.2 Å². The van der Waals surface area contributed by atoms with Gasteiger partial charge in [0.05, 0.1) is 11.0 Å². The molecule has 0 radical (unpaired) electrons. The lowest BCUT2D eigenvalue weighted by Gasteiger charge is -2.23. The lowest BCUT2D eigenvalue weighted by atomic mass is 9.97. The van der Waals surface area contributed by atoms with E-state index in [9.17, 15) is 0 Å². The Bertz CT molecular complexity index is 3530. The van der Waals surface area contributed by atoms with Crippen molar-refractivity contribution in [3.63, 3.8) is 0 Å². The molecule has 3 heterocycles. The minimum atomic E-state index is 0.876. The summed E-state index contributed by atoms with van der Waals surface area (Å²) in [5, 5.41) is 6.89. The van der Waals surface area contributed by atoms with Gasteiger partial charge in [-0.3, -0.25) is 0 Å². The van der Waals surface area contributed by atoms with E-state index in [1.165, 1.54) is 32.9 Å². The number of hydrogen-bond acceptors (Lipinski definition) is 3. The summed E-state index contributed by atoms with van der Waals surface area (Å²) in [6.07, 6.45) is 0. The first kappa shape index (κ1) is 33.3. The van der Waals surface area contributed by atoms with Gasteiger partial charge in [0.15, 0.2) is 0 Å². The minimum Gasteiger partial charge on any atom is -0.456 e. The van der Waals surface area contributed by atoms with Crippen LogP contribution in [0.1, 0.15) is 0 Å². The Labute approximate surface area is 340 Å². The van der Waals surface area contributed by atoms with Gasteiger partial charge in [0, 0.05) is 62.0 Å². The predicted molar refractivity (Wildman–Crippen MR) is 246 cm³/mol. The largest absolute Gasteiger partial charge is 0.456 e. The second kappa shape index (κ2) is 13.1. The Kier molecular flexibility index (Phi) is 7.41. The third kappa shape index (κ3) is 5.38. The van der Waals surface area contributed by atoms with Crippen molar-refractivity contribution in [1.82, 2.24) is 4.57 Å². The third-order valence-electron chi connectivity index (χ3n) is 12.0. The number of nitrogens with zero attached hydrogens (tertiary/aromatic N) is 2. The van der Waals surface area contributed by atoms with E-state index in [1.54, 1.807) is 0 Å². The fourth-order valence-corrected chi connectivity index (χ4v) is 9.08. The maximum absolute atomic E-state index is 6.41. The zero-order valence-corrected chi connectivity index (χ0v) is 32.3. The van der Waals surface area contributed by atoms with E-state index in [4.69, 9.17) is 8.83 Å². The summed E-state index contributed by atoms with van der Waals surface area (Å²) >= 11 is 0. The first-order valence-corrected chi connectivity index (χ1v) is 20.0. The van der Waals surface area contributed by atoms with Crippen LogP contribution in [0.4, 0.5) is 11.4 Å². The van der Waals surface area contributed by atoms with E-state index in [2.05, 4.69) is 217 Å². The quantitative estimate of drug-likeness (QED) is 0.169. The van der Waals surface area contributed by atoms with Crippen LogP contribution in [0.15, 0.2) is 209 Å². The summed E-state index contributed by atoms with van der Waals surface area (Å²) in [6.45, 7) is 0. The molecule has 3 aromatic heterocycles. The van der Waals surface area contributed by atoms with Crippen LogP contribution in [0, 0.1) is 0 Å². The zero-order valence-electron chi connectivity index (χ0n) is 32.3. The molecule has 0 aliphatic heterocycles. The fraction of sp³-hybridized carbons (Fsp3) is 0.0182. The van der Waals surface area contributed by atoms with Crippen LogP contribution in [0.3, 0.4) is 0 Å². The number of hydrogen-bond donors (Lipinski definition) is 0. The van der Waals surface area contributed by atoms with Gasteiger partial charge >= 0.3 is 0 Å². The summed E-state index contributed by atoms with van der Waals surface area (Å²) in [5.74, 6) is 0. The maximum atomic E-state index is 6.41. The molecule has 4 nitrogen and oxygen atoms in total. The Morgan fingerprint density at radius 2 is 0.847 bits per heavy atom. The van der Waals surface area contributed by atoms with E-state index >= 15 is 0 Å². The summed E-state index contributed by atoms with van der Waals surface area (Å²) in [6, 6.07) is 71.3.